The van der Waals surface area contributed by atoms with Crippen molar-refractivity contribution in [2.24, 2.45) is 0 Å². The highest BCUT2D eigenvalue weighted by atomic mass is 16.3. The van der Waals surface area contributed by atoms with Crippen LogP contribution < -0.4 is 0 Å². The van der Waals surface area contributed by atoms with Crippen LogP contribution in [0.15, 0.2) is 54.6 Å². The standard InChI is InChI=1S/C18H20O2/c1-12-14-10-6-7-11-15(14)18(2,17(20)16(12)19)13-8-4-3-5-9-13/h3-12,16-17,19-20H,1-2H3/t12-,16+,17+,18+/m0/s1. The molecule has 1 aliphatic carbocycles. The van der Waals surface area contributed by atoms with E-state index in [1.807, 2.05) is 56.3 Å². The van der Waals surface area contributed by atoms with E-state index in [-0.39, 0.29) is 5.92 Å². The van der Waals surface area contributed by atoms with Gasteiger partial charge < -0.3 is 10.2 Å². The Balaban J connectivity index is 2.26. The van der Waals surface area contributed by atoms with Crippen molar-refractivity contribution in [2.45, 2.75) is 37.4 Å². The fourth-order valence-corrected chi connectivity index (χ4v) is 3.44. The lowest BCUT2D eigenvalue weighted by atomic mass is 9.62. The van der Waals surface area contributed by atoms with Gasteiger partial charge >= 0.3 is 0 Å². The van der Waals surface area contributed by atoms with E-state index in [0.717, 1.165) is 16.7 Å². The van der Waals surface area contributed by atoms with Crippen LogP contribution in [0.25, 0.3) is 0 Å². The van der Waals surface area contributed by atoms with Crippen molar-refractivity contribution < 1.29 is 10.2 Å². The van der Waals surface area contributed by atoms with Gasteiger partial charge in [-0.05, 0) is 23.6 Å². The van der Waals surface area contributed by atoms with Crippen molar-refractivity contribution in [2.75, 3.05) is 0 Å². The van der Waals surface area contributed by atoms with Crippen molar-refractivity contribution >= 4 is 0 Å². The van der Waals surface area contributed by atoms with Crippen LogP contribution in [0.2, 0.25) is 0 Å². The predicted molar refractivity (Wildman–Crippen MR) is 79.8 cm³/mol. The first-order valence-electron chi connectivity index (χ1n) is 7.08. The van der Waals surface area contributed by atoms with E-state index in [1.54, 1.807) is 0 Å². The van der Waals surface area contributed by atoms with Gasteiger partial charge in [-0.25, -0.2) is 0 Å². The molecule has 0 saturated heterocycles. The quantitative estimate of drug-likeness (QED) is 0.835. The Morgan fingerprint density at radius 3 is 2.20 bits per heavy atom. The van der Waals surface area contributed by atoms with Gasteiger partial charge in [-0.3, -0.25) is 0 Å². The van der Waals surface area contributed by atoms with Crippen LogP contribution in [0.3, 0.4) is 0 Å². The molecule has 2 heteroatoms. The van der Waals surface area contributed by atoms with E-state index < -0.39 is 17.6 Å². The van der Waals surface area contributed by atoms with Crippen LogP contribution in [0.4, 0.5) is 0 Å². The molecule has 0 amide bonds. The summed E-state index contributed by atoms with van der Waals surface area (Å²) in [4.78, 5) is 0. The summed E-state index contributed by atoms with van der Waals surface area (Å²) in [5, 5.41) is 21.2. The Bertz CT molecular complexity index is 608. The summed E-state index contributed by atoms with van der Waals surface area (Å²) >= 11 is 0. The summed E-state index contributed by atoms with van der Waals surface area (Å²) in [6.07, 6.45) is -1.56. The predicted octanol–water partition coefficient (Wildman–Crippen LogP) is 2.83. The first-order valence-corrected chi connectivity index (χ1v) is 7.08. The van der Waals surface area contributed by atoms with Gasteiger partial charge in [0.25, 0.3) is 0 Å². The maximum Gasteiger partial charge on any atom is 0.0939 e. The number of aliphatic hydroxyl groups is 2. The first kappa shape index (κ1) is 13.3. The SMILES string of the molecule is C[C@H]1c2ccccc2[C@@](C)(c2ccccc2)[C@H](O)[C@@H]1O. The van der Waals surface area contributed by atoms with Crippen LogP contribution in [0.5, 0.6) is 0 Å². The molecule has 20 heavy (non-hydrogen) atoms. The summed E-state index contributed by atoms with van der Waals surface area (Å²) in [5.41, 5.74) is 2.68. The molecular formula is C18H20O2. The molecule has 0 bridgehead atoms. The Hall–Kier alpha value is -1.64. The van der Waals surface area contributed by atoms with Crippen molar-refractivity contribution in [3.63, 3.8) is 0 Å². The largest absolute Gasteiger partial charge is 0.390 e. The minimum absolute atomic E-state index is 0.0574. The second-order valence-corrected chi connectivity index (χ2v) is 5.88. The molecule has 104 valence electrons. The molecule has 0 heterocycles. The zero-order valence-corrected chi connectivity index (χ0v) is 11.8. The summed E-state index contributed by atoms with van der Waals surface area (Å²) in [5.74, 6) is -0.0574. The smallest absolute Gasteiger partial charge is 0.0939 e. The number of hydrogen-bond donors (Lipinski definition) is 2. The molecule has 4 atom stereocenters. The Morgan fingerprint density at radius 2 is 1.50 bits per heavy atom. The van der Waals surface area contributed by atoms with Crippen molar-refractivity contribution in [3.05, 3.63) is 71.3 Å². The molecule has 0 fully saturated rings. The molecule has 0 radical (unpaired) electrons. The van der Waals surface area contributed by atoms with E-state index in [4.69, 9.17) is 0 Å². The van der Waals surface area contributed by atoms with Gasteiger partial charge in [0.2, 0.25) is 0 Å². The Kier molecular flexibility index (Phi) is 3.15. The van der Waals surface area contributed by atoms with Gasteiger partial charge in [-0.1, -0.05) is 61.5 Å². The molecule has 2 aromatic carbocycles. The van der Waals surface area contributed by atoms with Gasteiger partial charge in [-0.15, -0.1) is 0 Å². The van der Waals surface area contributed by atoms with Crippen molar-refractivity contribution in [3.8, 4) is 0 Å². The first-order chi connectivity index (χ1) is 9.56. The van der Waals surface area contributed by atoms with Crippen LogP contribution >= 0.6 is 0 Å². The summed E-state index contributed by atoms with van der Waals surface area (Å²) < 4.78 is 0. The molecule has 0 aromatic heterocycles. The average molecular weight is 268 g/mol. The minimum atomic E-state index is -0.810. The van der Waals surface area contributed by atoms with Gasteiger partial charge in [0, 0.05) is 11.3 Å². The zero-order valence-electron chi connectivity index (χ0n) is 11.8. The molecule has 2 N–H and O–H groups in total. The number of aliphatic hydroxyl groups excluding tert-OH is 2. The number of fused-ring (bicyclic) bond motifs is 1. The third-order valence-corrected chi connectivity index (χ3v) is 4.81. The van der Waals surface area contributed by atoms with E-state index in [2.05, 4.69) is 12.1 Å². The van der Waals surface area contributed by atoms with Gasteiger partial charge in [0.15, 0.2) is 0 Å². The Labute approximate surface area is 119 Å². The lowest BCUT2D eigenvalue weighted by molar-refractivity contribution is -0.0365. The molecule has 1 aliphatic rings. The van der Waals surface area contributed by atoms with Crippen LogP contribution in [0, 0.1) is 0 Å². The summed E-state index contributed by atoms with van der Waals surface area (Å²) in [6, 6.07) is 18.0. The van der Waals surface area contributed by atoms with Crippen LogP contribution in [-0.2, 0) is 5.41 Å². The second kappa shape index (κ2) is 4.72. The third kappa shape index (κ3) is 1.72. The van der Waals surface area contributed by atoms with Gasteiger partial charge in [0.1, 0.15) is 0 Å². The van der Waals surface area contributed by atoms with E-state index in [1.165, 1.54) is 0 Å². The highest BCUT2D eigenvalue weighted by Crippen LogP contribution is 2.46. The molecule has 0 spiro atoms. The third-order valence-electron chi connectivity index (χ3n) is 4.81. The van der Waals surface area contributed by atoms with Gasteiger partial charge in [-0.2, -0.15) is 0 Å². The fourth-order valence-electron chi connectivity index (χ4n) is 3.44. The molecule has 0 unspecified atom stereocenters. The number of hydrogen-bond acceptors (Lipinski definition) is 2. The Morgan fingerprint density at radius 1 is 0.900 bits per heavy atom. The monoisotopic (exact) mass is 268 g/mol. The summed E-state index contributed by atoms with van der Waals surface area (Å²) in [7, 11) is 0. The van der Waals surface area contributed by atoms with Gasteiger partial charge in [0.05, 0.1) is 12.2 Å². The van der Waals surface area contributed by atoms with Crippen LogP contribution in [-0.4, -0.2) is 22.4 Å². The molecule has 2 nitrogen and oxygen atoms in total. The summed E-state index contributed by atoms with van der Waals surface area (Å²) in [6.45, 7) is 3.98. The van der Waals surface area contributed by atoms with Crippen molar-refractivity contribution in [1.82, 2.24) is 0 Å². The molecular weight excluding hydrogens is 248 g/mol. The molecule has 2 aromatic rings. The maximum absolute atomic E-state index is 10.7. The average Bonchev–Trinajstić information content (AvgIpc) is 2.51. The molecule has 3 rings (SSSR count). The molecule has 0 aliphatic heterocycles. The topological polar surface area (TPSA) is 40.5 Å². The second-order valence-electron chi connectivity index (χ2n) is 5.88. The highest BCUT2D eigenvalue weighted by Gasteiger charge is 2.48. The number of benzene rings is 2. The fraction of sp³-hybridized carbons (Fsp3) is 0.333. The lowest BCUT2D eigenvalue weighted by Crippen LogP contribution is -2.51. The minimum Gasteiger partial charge on any atom is -0.390 e. The van der Waals surface area contributed by atoms with E-state index in [0.29, 0.717) is 0 Å². The normalized spacial score (nSPS) is 32.7. The lowest BCUT2D eigenvalue weighted by Gasteiger charge is -2.46. The maximum atomic E-state index is 10.7. The van der Waals surface area contributed by atoms with E-state index in [9.17, 15) is 10.2 Å². The zero-order chi connectivity index (χ0) is 14.3. The highest BCUT2D eigenvalue weighted by molar-refractivity contribution is 5.49. The van der Waals surface area contributed by atoms with Crippen molar-refractivity contribution in [1.29, 1.82) is 0 Å². The molecule has 0 saturated carbocycles. The van der Waals surface area contributed by atoms with Crippen LogP contribution in [0.1, 0.15) is 36.5 Å². The number of rotatable bonds is 1. The van der Waals surface area contributed by atoms with E-state index >= 15 is 0 Å².